The number of rotatable bonds is 3. The minimum atomic E-state index is -1.01. The van der Waals surface area contributed by atoms with Gasteiger partial charge in [-0.2, -0.15) is 0 Å². The third kappa shape index (κ3) is 49.8. The molecule has 0 atom stereocenters. The first-order valence-corrected chi connectivity index (χ1v) is 9.57. The first-order valence-electron chi connectivity index (χ1n) is 5.00. The Hall–Kier alpha value is 0.742. The average molecular weight is 839 g/mol. The number of carboxylic acid groups (broad SMARTS) is 3. The van der Waals surface area contributed by atoms with Crippen molar-refractivity contribution in [1.29, 1.82) is 0 Å². The van der Waals surface area contributed by atoms with Crippen LogP contribution in [0.3, 0.4) is 0 Å². The number of hydrogen-bond donors (Lipinski definition) is 0. The molecular formula is C12H11I3O6Pb-3. The van der Waals surface area contributed by atoms with Crippen LogP contribution in [0.2, 0.25) is 0 Å². The van der Waals surface area contributed by atoms with Crippen LogP contribution in [0.1, 0.15) is 0 Å². The first kappa shape index (κ1) is 30.6. The van der Waals surface area contributed by atoms with Crippen LogP contribution in [0.4, 0.5) is 0 Å². The summed E-state index contributed by atoms with van der Waals surface area (Å²) in [5.41, 5.74) is 0. The van der Waals surface area contributed by atoms with Gasteiger partial charge in [0.1, 0.15) is 0 Å². The predicted molar refractivity (Wildman–Crippen MR) is 103 cm³/mol. The van der Waals surface area contributed by atoms with Crippen molar-refractivity contribution in [2.24, 2.45) is 0 Å². The zero-order valence-electron chi connectivity index (χ0n) is 11.1. The van der Waals surface area contributed by atoms with Gasteiger partial charge in [0.2, 0.25) is 0 Å². The van der Waals surface area contributed by atoms with E-state index in [9.17, 15) is 29.7 Å². The minimum absolute atomic E-state index is 0. The summed E-state index contributed by atoms with van der Waals surface area (Å²) in [6.45, 7) is 0. The van der Waals surface area contributed by atoms with Gasteiger partial charge in [0.05, 0.1) is 17.9 Å². The summed E-state index contributed by atoms with van der Waals surface area (Å²) in [5, 5.41) is 27.7. The van der Waals surface area contributed by atoms with Gasteiger partial charge in [0.15, 0.2) is 0 Å². The first-order chi connectivity index (χ1) is 9.81. The summed E-state index contributed by atoms with van der Waals surface area (Å²) in [5.74, 6) is -3.03. The molecule has 10 heteroatoms. The van der Waals surface area contributed by atoms with Gasteiger partial charge in [-0.05, 0) is 6.07 Å². The van der Waals surface area contributed by atoms with E-state index in [1.165, 1.54) is 0 Å². The number of benzene rings is 1. The van der Waals surface area contributed by atoms with Crippen molar-refractivity contribution in [2.75, 3.05) is 13.3 Å². The maximum absolute atomic E-state index is 9.25. The fourth-order valence-corrected chi connectivity index (χ4v) is 0.342. The number of halogens is 3. The van der Waals surface area contributed by atoms with Crippen molar-refractivity contribution in [3.05, 3.63) is 36.4 Å². The minimum Gasteiger partial charge on any atom is -0.549 e. The third-order valence-electron chi connectivity index (χ3n) is 0.934. The van der Waals surface area contributed by atoms with Crippen LogP contribution >= 0.6 is 67.8 Å². The van der Waals surface area contributed by atoms with E-state index >= 15 is 0 Å². The molecule has 0 bridgehead atoms. The number of carbonyl (C=O) groups excluding carboxylic acids is 3. The van der Waals surface area contributed by atoms with Crippen LogP contribution in [-0.2, 0) is 14.4 Å². The Morgan fingerprint density at radius 1 is 0.727 bits per heavy atom. The SMILES string of the molecule is O=C([O-])CI.O=C([O-])CI.O=C([O-])CI.[Pb].[c]1ccccc1. The Balaban J connectivity index is -0.0000000973. The summed E-state index contributed by atoms with van der Waals surface area (Å²) < 4.78 is 0.243. The number of carboxylic acids is 3. The van der Waals surface area contributed by atoms with Crippen LogP contribution in [0.15, 0.2) is 30.3 Å². The number of aliphatic carboxylic acids is 3. The molecule has 1 aromatic carbocycles. The molecule has 0 amide bonds. The van der Waals surface area contributed by atoms with E-state index in [0.717, 1.165) is 0 Å². The van der Waals surface area contributed by atoms with Gasteiger partial charge in [-0.25, -0.2) is 0 Å². The monoisotopic (exact) mass is 840 g/mol. The van der Waals surface area contributed by atoms with Crippen molar-refractivity contribution >= 4 is 113 Å². The Morgan fingerprint density at radius 2 is 0.955 bits per heavy atom. The molecule has 5 radical (unpaired) electrons. The van der Waals surface area contributed by atoms with Crippen LogP contribution in [0.5, 0.6) is 0 Å². The van der Waals surface area contributed by atoms with E-state index in [-0.39, 0.29) is 40.6 Å². The van der Waals surface area contributed by atoms with E-state index in [1.807, 2.05) is 30.3 Å². The summed E-state index contributed by atoms with van der Waals surface area (Å²) in [6.07, 6.45) is 0. The van der Waals surface area contributed by atoms with Gasteiger partial charge in [-0.15, -0.1) is 0 Å². The molecule has 0 saturated carbocycles. The number of alkyl halides is 3. The van der Waals surface area contributed by atoms with Crippen molar-refractivity contribution in [1.82, 2.24) is 0 Å². The predicted octanol–water partition coefficient (Wildman–Crippen LogP) is -1.38. The molecule has 6 nitrogen and oxygen atoms in total. The zero-order valence-corrected chi connectivity index (χ0v) is 21.5. The molecule has 0 N–H and O–H groups in total. The maximum Gasteiger partial charge on any atom is 0.0511 e. The molecule has 1 rings (SSSR count). The molecule has 0 aliphatic heterocycles. The number of hydrogen-bond acceptors (Lipinski definition) is 6. The van der Waals surface area contributed by atoms with E-state index in [4.69, 9.17) is 0 Å². The molecule has 22 heavy (non-hydrogen) atoms. The Labute approximate surface area is 190 Å². The summed E-state index contributed by atoms with van der Waals surface area (Å²) in [4.78, 5) is 27.7. The van der Waals surface area contributed by atoms with Crippen molar-refractivity contribution < 1.29 is 29.7 Å². The van der Waals surface area contributed by atoms with Gasteiger partial charge in [-0.1, -0.05) is 98.1 Å². The Morgan fingerprint density at radius 3 is 1.00 bits per heavy atom. The second-order valence-corrected chi connectivity index (χ2v) is 4.88. The van der Waals surface area contributed by atoms with Gasteiger partial charge in [0.25, 0.3) is 0 Å². The van der Waals surface area contributed by atoms with Gasteiger partial charge >= 0.3 is 0 Å². The van der Waals surface area contributed by atoms with Crippen LogP contribution < -0.4 is 15.3 Å². The Bertz CT molecular complexity index is 318. The standard InChI is InChI=1S/C6H5.3C2H3IO2.Pb/c1-2-4-6-5-3-1;3*3-1-2(4)5;/h1-5H;3*1H2,(H,4,5);/p-3. The van der Waals surface area contributed by atoms with Gasteiger partial charge < -0.3 is 29.7 Å². The summed E-state index contributed by atoms with van der Waals surface area (Å²) in [6, 6.07) is 12.5. The normalized spacial score (nSPS) is 7.23. The van der Waals surface area contributed by atoms with Gasteiger partial charge in [0, 0.05) is 40.6 Å². The average Bonchev–Trinajstić information content (AvgIpc) is 2.50. The van der Waals surface area contributed by atoms with E-state index < -0.39 is 17.9 Å². The molecule has 0 aliphatic carbocycles. The van der Waals surface area contributed by atoms with Crippen LogP contribution in [0.25, 0.3) is 0 Å². The van der Waals surface area contributed by atoms with E-state index in [2.05, 4.69) is 6.07 Å². The molecule has 0 aromatic heterocycles. The van der Waals surface area contributed by atoms with Crippen molar-refractivity contribution in [2.45, 2.75) is 0 Å². The smallest absolute Gasteiger partial charge is 0.0511 e. The molecule has 0 aliphatic rings. The van der Waals surface area contributed by atoms with Crippen molar-refractivity contribution in [3.8, 4) is 0 Å². The van der Waals surface area contributed by atoms with Crippen LogP contribution in [0, 0.1) is 6.07 Å². The Kier molecular flexibility index (Phi) is 37.0. The summed E-state index contributed by atoms with van der Waals surface area (Å²) in [7, 11) is 0. The van der Waals surface area contributed by atoms with Gasteiger partial charge in [-0.3, -0.25) is 0 Å². The molecule has 0 spiro atoms. The largest absolute Gasteiger partial charge is 0.549 e. The summed E-state index contributed by atoms with van der Waals surface area (Å²) >= 11 is 5.15. The second kappa shape index (κ2) is 26.6. The molecule has 123 valence electrons. The molecule has 0 fully saturated rings. The molecule has 0 saturated heterocycles. The number of carbonyl (C=O) groups is 3. The second-order valence-electron chi connectivity index (χ2n) is 2.59. The molecule has 0 heterocycles. The molecule has 0 unspecified atom stereocenters. The molecular weight excluding hydrogens is 828 g/mol. The van der Waals surface area contributed by atoms with Crippen molar-refractivity contribution in [3.63, 3.8) is 0 Å². The van der Waals surface area contributed by atoms with E-state index in [0.29, 0.717) is 0 Å². The fraction of sp³-hybridized carbons (Fsp3) is 0.250. The topological polar surface area (TPSA) is 120 Å². The fourth-order valence-electron chi connectivity index (χ4n) is 0.342. The molecule has 1 aromatic rings. The zero-order chi connectivity index (χ0) is 17.1. The third-order valence-corrected chi connectivity index (χ3v) is 2.80. The van der Waals surface area contributed by atoms with Crippen LogP contribution in [-0.4, -0.2) is 58.5 Å². The quantitative estimate of drug-likeness (QED) is 0.211. The maximum atomic E-state index is 9.25. The van der Waals surface area contributed by atoms with E-state index in [1.54, 1.807) is 67.8 Å².